The number of nitrogens with two attached hydrogens (primary N) is 1. The van der Waals surface area contributed by atoms with Crippen molar-refractivity contribution in [3.8, 4) is 0 Å². The molecule has 7 heteroatoms. The number of hydrogen-bond donors (Lipinski definition) is 3. The third-order valence-corrected chi connectivity index (χ3v) is 5.25. The van der Waals surface area contributed by atoms with Crippen LogP contribution in [0.2, 0.25) is 0 Å². The Morgan fingerprint density at radius 2 is 1.71 bits per heavy atom. The average Bonchev–Trinajstić information content (AvgIpc) is 2.52. The van der Waals surface area contributed by atoms with Gasteiger partial charge in [0.15, 0.2) is 0 Å². The Bertz CT molecular complexity index is 570. The second-order valence-corrected chi connectivity index (χ2v) is 6.76. The van der Waals surface area contributed by atoms with Crippen LogP contribution in [-0.2, 0) is 10.0 Å². The number of hydrogen-bond acceptors (Lipinski definition) is 4. The normalized spacial score (nSPS) is 12.2. The number of benzene rings is 1. The average molecular weight is 313 g/mol. The molecule has 0 aromatic heterocycles. The highest BCUT2D eigenvalue weighted by Gasteiger charge is 2.26. The van der Waals surface area contributed by atoms with Crippen LogP contribution in [-0.4, -0.2) is 33.5 Å². The molecule has 0 saturated heterocycles. The molecule has 6 nitrogen and oxygen atoms in total. The Labute approximate surface area is 126 Å². The lowest BCUT2D eigenvalue weighted by atomic mass is 9.92. The summed E-state index contributed by atoms with van der Waals surface area (Å²) in [6.07, 6.45) is 1.47. The molecule has 0 aliphatic rings. The summed E-state index contributed by atoms with van der Waals surface area (Å²) in [7, 11) is -2.15. The summed E-state index contributed by atoms with van der Waals surface area (Å²) in [5.41, 5.74) is 5.74. The number of sulfonamides is 1. The molecule has 118 valence electrons. The van der Waals surface area contributed by atoms with Crippen LogP contribution >= 0.6 is 0 Å². The van der Waals surface area contributed by atoms with Gasteiger partial charge in [-0.1, -0.05) is 13.8 Å². The van der Waals surface area contributed by atoms with E-state index in [0.717, 1.165) is 12.8 Å². The zero-order valence-electron chi connectivity index (χ0n) is 12.6. The van der Waals surface area contributed by atoms with Gasteiger partial charge in [0, 0.05) is 12.1 Å². The number of amides is 1. The van der Waals surface area contributed by atoms with Crippen molar-refractivity contribution in [2.24, 2.45) is 5.73 Å². The van der Waals surface area contributed by atoms with E-state index in [1.165, 1.54) is 31.3 Å². The molecular weight excluding hydrogens is 290 g/mol. The number of carbonyl (C=O) groups is 1. The van der Waals surface area contributed by atoms with Crippen LogP contribution in [0.4, 0.5) is 0 Å². The summed E-state index contributed by atoms with van der Waals surface area (Å²) in [6.45, 7) is 4.30. The summed E-state index contributed by atoms with van der Waals surface area (Å²) in [6, 6.07) is 5.80. The molecule has 0 heterocycles. The molecule has 0 atom stereocenters. The van der Waals surface area contributed by atoms with E-state index in [2.05, 4.69) is 10.0 Å². The van der Waals surface area contributed by atoms with E-state index in [0.29, 0.717) is 12.1 Å². The highest BCUT2D eigenvalue weighted by atomic mass is 32.2. The molecule has 0 unspecified atom stereocenters. The van der Waals surface area contributed by atoms with Crippen molar-refractivity contribution in [1.29, 1.82) is 0 Å². The third kappa shape index (κ3) is 4.03. The minimum absolute atomic E-state index is 0.123. The largest absolute Gasteiger partial charge is 0.345 e. The van der Waals surface area contributed by atoms with Crippen LogP contribution in [0.5, 0.6) is 0 Å². The van der Waals surface area contributed by atoms with E-state index in [4.69, 9.17) is 5.73 Å². The molecule has 4 N–H and O–H groups in total. The van der Waals surface area contributed by atoms with Crippen LogP contribution in [0.15, 0.2) is 29.2 Å². The van der Waals surface area contributed by atoms with Gasteiger partial charge < -0.3 is 11.1 Å². The third-order valence-electron chi connectivity index (χ3n) is 3.82. The minimum atomic E-state index is -3.49. The first kappa shape index (κ1) is 17.6. The lowest BCUT2D eigenvalue weighted by Gasteiger charge is -2.31. The van der Waals surface area contributed by atoms with E-state index in [9.17, 15) is 13.2 Å². The first-order valence-corrected chi connectivity index (χ1v) is 8.38. The molecule has 1 rings (SSSR count). The second kappa shape index (κ2) is 7.02. The fourth-order valence-corrected chi connectivity index (χ4v) is 2.71. The molecular formula is C14H23N3O3S. The molecule has 0 aliphatic heterocycles. The van der Waals surface area contributed by atoms with Gasteiger partial charge in [0.25, 0.3) is 5.91 Å². The zero-order valence-corrected chi connectivity index (χ0v) is 13.5. The monoisotopic (exact) mass is 313 g/mol. The number of nitrogens with one attached hydrogen (secondary N) is 2. The highest BCUT2D eigenvalue weighted by Crippen LogP contribution is 2.15. The first-order chi connectivity index (χ1) is 9.84. The summed E-state index contributed by atoms with van der Waals surface area (Å²) < 4.78 is 25.5. The molecule has 1 aromatic carbocycles. The lowest BCUT2D eigenvalue weighted by molar-refractivity contribution is 0.0895. The standard InChI is InChI=1S/C14H23N3O3S/c1-4-14(5-2,10-15)17-13(18)11-6-8-12(9-7-11)21(19,20)16-3/h6-9,16H,4-5,10,15H2,1-3H3,(H,17,18). The number of rotatable bonds is 7. The predicted molar refractivity (Wildman–Crippen MR) is 82.5 cm³/mol. The van der Waals surface area contributed by atoms with Gasteiger partial charge in [-0.3, -0.25) is 4.79 Å². The molecule has 0 radical (unpaired) electrons. The molecule has 1 aromatic rings. The van der Waals surface area contributed by atoms with Crippen LogP contribution in [0.25, 0.3) is 0 Å². The Morgan fingerprint density at radius 3 is 2.10 bits per heavy atom. The van der Waals surface area contributed by atoms with Crippen LogP contribution < -0.4 is 15.8 Å². The van der Waals surface area contributed by atoms with Gasteiger partial charge in [-0.05, 0) is 44.2 Å². The molecule has 0 fully saturated rings. The van der Waals surface area contributed by atoms with Gasteiger partial charge in [0.05, 0.1) is 10.4 Å². The smallest absolute Gasteiger partial charge is 0.251 e. The van der Waals surface area contributed by atoms with Gasteiger partial charge >= 0.3 is 0 Å². The topological polar surface area (TPSA) is 101 Å². The van der Waals surface area contributed by atoms with Crippen molar-refractivity contribution in [1.82, 2.24) is 10.0 Å². The summed E-state index contributed by atoms with van der Waals surface area (Å²) in [4.78, 5) is 12.4. The zero-order chi connectivity index (χ0) is 16.1. The van der Waals surface area contributed by atoms with Crippen molar-refractivity contribution >= 4 is 15.9 Å². The van der Waals surface area contributed by atoms with E-state index in [1.54, 1.807) is 0 Å². The van der Waals surface area contributed by atoms with Gasteiger partial charge in [0.1, 0.15) is 0 Å². The van der Waals surface area contributed by atoms with Crippen molar-refractivity contribution in [2.75, 3.05) is 13.6 Å². The number of carbonyl (C=O) groups excluding carboxylic acids is 1. The molecule has 0 spiro atoms. The van der Waals surface area contributed by atoms with E-state index in [1.807, 2.05) is 13.8 Å². The molecule has 0 aliphatic carbocycles. The maximum absolute atomic E-state index is 12.2. The maximum atomic E-state index is 12.2. The summed E-state index contributed by atoms with van der Waals surface area (Å²) in [5, 5.41) is 2.94. The Morgan fingerprint density at radius 1 is 1.19 bits per heavy atom. The van der Waals surface area contributed by atoms with Gasteiger partial charge in [0.2, 0.25) is 10.0 Å². The van der Waals surface area contributed by atoms with Crippen molar-refractivity contribution in [2.45, 2.75) is 37.1 Å². The van der Waals surface area contributed by atoms with E-state index in [-0.39, 0.29) is 10.8 Å². The van der Waals surface area contributed by atoms with Crippen molar-refractivity contribution in [3.63, 3.8) is 0 Å². The van der Waals surface area contributed by atoms with Crippen LogP contribution in [0.3, 0.4) is 0 Å². The lowest BCUT2D eigenvalue weighted by Crippen LogP contribution is -2.52. The molecule has 21 heavy (non-hydrogen) atoms. The Hall–Kier alpha value is -1.44. The minimum Gasteiger partial charge on any atom is -0.345 e. The second-order valence-electron chi connectivity index (χ2n) is 4.88. The Kier molecular flexibility index (Phi) is 5.88. The highest BCUT2D eigenvalue weighted by molar-refractivity contribution is 7.89. The SMILES string of the molecule is CCC(CC)(CN)NC(=O)c1ccc(S(=O)(=O)NC)cc1. The molecule has 0 bridgehead atoms. The van der Waals surface area contributed by atoms with E-state index >= 15 is 0 Å². The summed E-state index contributed by atoms with van der Waals surface area (Å²) in [5.74, 6) is -0.252. The van der Waals surface area contributed by atoms with Crippen molar-refractivity contribution in [3.05, 3.63) is 29.8 Å². The van der Waals surface area contributed by atoms with E-state index < -0.39 is 15.6 Å². The Balaban J connectivity index is 2.95. The fourth-order valence-electron chi connectivity index (χ4n) is 1.98. The predicted octanol–water partition coefficient (Wildman–Crippen LogP) is 0.842. The summed E-state index contributed by atoms with van der Waals surface area (Å²) >= 11 is 0. The van der Waals surface area contributed by atoms with Crippen molar-refractivity contribution < 1.29 is 13.2 Å². The molecule has 0 saturated carbocycles. The van der Waals surface area contributed by atoms with Gasteiger partial charge in [-0.2, -0.15) is 0 Å². The maximum Gasteiger partial charge on any atom is 0.251 e. The van der Waals surface area contributed by atoms with Gasteiger partial charge in [-0.25, -0.2) is 13.1 Å². The first-order valence-electron chi connectivity index (χ1n) is 6.90. The quantitative estimate of drug-likeness (QED) is 0.694. The molecule has 1 amide bonds. The van der Waals surface area contributed by atoms with Crippen LogP contribution in [0.1, 0.15) is 37.0 Å². The fraction of sp³-hybridized carbons (Fsp3) is 0.500. The van der Waals surface area contributed by atoms with Gasteiger partial charge in [-0.15, -0.1) is 0 Å². The van der Waals surface area contributed by atoms with Crippen LogP contribution in [0, 0.1) is 0 Å².